The molecule has 0 heterocycles. The Balaban J connectivity index is 0. The van der Waals surface area contributed by atoms with Crippen LogP contribution in [0.5, 0.6) is 0 Å². The Kier molecular flexibility index (Phi) is 12.1. The van der Waals surface area contributed by atoms with Gasteiger partial charge in [0.15, 0.2) is 0 Å². The predicted molar refractivity (Wildman–Crippen MR) is 30.9 cm³/mol. The summed E-state index contributed by atoms with van der Waals surface area (Å²) in [5.41, 5.74) is 1.21. The minimum atomic E-state index is 0. The molecule has 0 amide bonds. The molecule has 0 aromatic heterocycles. The molecule has 2 radical (unpaired) electrons. The SMILES string of the molecule is [CH-]=C1CCCCC1.[Y].[Y]. The van der Waals surface area contributed by atoms with Gasteiger partial charge in [0.05, 0.1) is 0 Å². The molecule has 0 bridgehead atoms. The van der Waals surface area contributed by atoms with Crippen molar-refractivity contribution in [3.05, 3.63) is 12.2 Å². The van der Waals surface area contributed by atoms with Gasteiger partial charge in [-0.1, -0.05) is 32.1 Å². The average molecular weight is 273 g/mol. The zero-order chi connectivity index (χ0) is 5.11. The topological polar surface area (TPSA) is 0 Å². The van der Waals surface area contributed by atoms with E-state index in [1.165, 1.54) is 37.7 Å². The molecule has 46 valence electrons. The van der Waals surface area contributed by atoms with Gasteiger partial charge in [-0.2, -0.15) is 0 Å². The van der Waals surface area contributed by atoms with E-state index in [1.807, 2.05) is 0 Å². The Labute approximate surface area is 108 Å². The first-order valence-corrected chi connectivity index (χ1v) is 3.00. The molecule has 1 aliphatic carbocycles. The molecule has 1 saturated carbocycles. The van der Waals surface area contributed by atoms with Crippen LogP contribution in [0.1, 0.15) is 32.1 Å². The summed E-state index contributed by atoms with van der Waals surface area (Å²) in [5.74, 6) is 0. The Morgan fingerprint density at radius 3 is 1.56 bits per heavy atom. The number of allylic oxidation sites excluding steroid dienone is 1. The van der Waals surface area contributed by atoms with Crippen LogP contribution >= 0.6 is 0 Å². The Morgan fingerprint density at radius 2 is 1.33 bits per heavy atom. The second-order valence-electron chi connectivity index (χ2n) is 2.22. The Morgan fingerprint density at radius 1 is 0.889 bits per heavy atom. The minimum absolute atomic E-state index is 0. The molecule has 0 N–H and O–H groups in total. The summed E-state index contributed by atoms with van der Waals surface area (Å²) >= 11 is 0. The van der Waals surface area contributed by atoms with Crippen molar-refractivity contribution in [2.24, 2.45) is 0 Å². The molecule has 0 atom stereocenters. The van der Waals surface area contributed by atoms with E-state index in [-0.39, 0.29) is 65.4 Å². The van der Waals surface area contributed by atoms with Crippen molar-refractivity contribution in [3.8, 4) is 0 Å². The second kappa shape index (κ2) is 8.05. The summed E-state index contributed by atoms with van der Waals surface area (Å²) < 4.78 is 0. The minimum Gasteiger partial charge on any atom is -0.514 e. The molecule has 0 nitrogen and oxygen atoms in total. The summed E-state index contributed by atoms with van der Waals surface area (Å²) in [4.78, 5) is 0. The van der Waals surface area contributed by atoms with E-state index in [1.54, 1.807) is 0 Å². The van der Waals surface area contributed by atoms with Crippen molar-refractivity contribution < 1.29 is 65.4 Å². The third kappa shape index (κ3) is 6.35. The predicted octanol–water partition coefficient (Wildman–Crippen LogP) is 2.30. The summed E-state index contributed by atoms with van der Waals surface area (Å²) in [6, 6.07) is 0. The van der Waals surface area contributed by atoms with Gasteiger partial charge in [-0.25, -0.2) is 0 Å². The van der Waals surface area contributed by atoms with E-state index in [2.05, 4.69) is 0 Å². The van der Waals surface area contributed by atoms with E-state index in [9.17, 15) is 0 Å². The summed E-state index contributed by atoms with van der Waals surface area (Å²) in [6.45, 7) is 5.55. The van der Waals surface area contributed by atoms with Crippen LogP contribution in [0.4, 0.5) is 0 Å². The average Bonchev–Trinajstić information content (AvgIpc) is 1.69. The molecule has 1 fully saturated rings. The zero-order valence-corrected chi connectivity index (χ0v) is 11.4. The van der Waals surface area contributed by atoms with E-state index in [4.69, 9.17) is 6.58 Å². The van der Waals surface area contributed by atoms with Crippen LogP contribution in [0.3, 0.4) is 0 Å². The Bertz CT molecular complexity index is 71.0. The van der Waals surface area contributed by atoms with Gasteiger partial charge < -0.3 is 6.58 Å². The number of hydrogen-bond acceptors (Lipinski definition) is 0. The van der Waals surface area contributed by atoms with Gasteiger partial charge in [-0.05, 0) is 0 Å². The second-order valence-corrected chi connectivity index (χ2v) is 2.22. The number of hydrogen-bond donors (Lipinski definition) is 0. The zero-order valence-electron chi connectivity index (χ0n) is 5.77. The first-order valence-electron chi connectivity index (χ1n) is 3.00. The molecule has 2 heteroatoms. The fourth-order valence-corrected chi connectivity index (χ4v) is 1.01. The fraction of sp³-hybridized carbons (Fsp3) is 0.714. The van der Waals surface area contributed by atoms with Crippen molar-refractivity contribution in [1.29, 1.82) is 0 Å². The maximum Gasteiger partial charge on any atom is 0 e. The monoisotopic (exact) mass is 273 g/mol. The summed E-state index contributed by atoms with van der Waals surface area (Å²) in [6.07, 6.45) is 6.40. The Hall–Kier alpha value is 1.95. The standard InChI is InChI=1S/C7H11.2Y/c1-7-5-3-2-4-6-7;;/h1H,2-6H2;;/q-1;;. The van der Waals surface area contributed by atoms with E-state index in [0.29, 0.717) is 0 Å². The maximum atomic E-state index is 5.55. The van der Waals surface area contributed by atoms with Crippen LogP contribution in [-0.2, 0) is 65.4 Å². The first kappa shape index (κ1) is 13.5. The fourth-order valence-electron chi connectivity index (χ4n) is 1.01. The molecule has 0 saturated heterocycles. The first-order chi connectivity index (χ1) is 3.39. The summed E-state index contributed by atoms with van der Waals surface area (Å²) in [5, 5.41) is 0. The van der Waals surface area contributed by atoms with Crippen molar-refractivity contribution in [3.63, 3.8) is 0 Å². The normalized spacial score (nSPS) is 17.6. The van der Waals surface area contributed by atoms with Crippen molar-refractivity contribution in [1.82, 2.24) is 0 Å². The number of rotatable bonds is 0. The molecule has 1 aliphatic rings. The van der Waals surface area contributed by atoms with Crippen molar-refractivity contribution in [2.75, 3.05) is 0 Å². The van der Waals surface area contributed by atoms with Gasteiger partial charge in [-0.15, -0.1) is 0 Å². The van der Waals surface area contributed by atoms with Crippen LogP contribution in [0.2, 0.25) is 0 Å². The molecule has 0 aromatic rings. The van der Waals surface area contributed by atoms with Gasteiger partial charge in [0.1, 0.15) is 0 Å². The quantitative estimate of drug-likeness (QED) is 0.594. The molecule has 9 heavy (non-hydrogen) atoms. The van der Waals surface area contributed by atoms with E-state index < -0.39 is 0 Å². The molecule has 0 aliphatic heterocycles. The third-order valence-corrected chi connectivity index (χ3v) is 1.50. The molecule has 0 spiro atoms. The van der Waals surface area contributed by atoms with Crippen LogP contribution in [0.15, 0.2) is 5.57 Å². The molecular formula is C7H11Y2-. The molecule has 1 rings (SSSR count). The van der Waals surface area contributed by atoms with Crippen molar-refractivity contribution in [2.45, 2.75) is 32.1 Å². The van der Waals surface area contributed by atoms with Gasteiger partial charge in [0, 0.05) is 65.4 Å². The van der Waals surface area contributed by atoms with Crippen LogP contribution in [0.25, 0.3) is 0 Å². The summed E-state index contributed by atoms with van der Waals surface area (Å²) in [7, 11) is 0. The van der Waals surface area contributed by atoms with Crippen molar-refractivity contribution >= 4 is 0 Å². The van der Waals surface area contributed by atoms with Gasteiger partial charge in [0.25, 0.3) is 0 Å². The van der Waals surface area contributed by atoms with E-state index in [0.717, 1.165) is 0 Å². The van der Waals surface area contributed by atoms with E-state index >= 15 is 0 Å². The smallest absolute Gasteiger partial charge is 0 e. The third-order valence-electron chi connectivity index (χ3n) is 1.50. The van der Waals surface area contributed by atoms with Gasteiger partial charge in [-0.3, -0.25) is 5.57 Å². The largest absolute Gasteiger partial charge is 0.514 e. The van der Waals surface area contributed by atoms with Crippen LogP contribution in [0, 0.1) is 6.58 Å². The molecular weight excluding hydrogens is 262 g/mol. The van der Waals surface area contributed by atoms with Crippen LogP contribution in [-0.4, -0.2) is 0 Å². The van der Waals surface area contributed by atoms with Gasteiger partial charge >= 0.3 is 0 Å². The maximum absolute atomic E-state index is 5.55. The van der Waals surface area contributed by atoms with Crippen LogP contribution < -0.4 is 0 Å². The molecule has 0 unspecified atom stereocenters. The van der Waals surface area contributed by atoms with Gasteiger partial charge in [0.2, 0.25) is 0 Å². The molecule has 0 aromatic carbocycles.